The molecule has 0 heterocycles. The molecule has 0 atom stereocenters. The number of hydrogen-bond donors (Lipinski definition) is 2. The van der Waals surface area contributed by atoms with Crippen LogP contribution in [0, 0.1) is 11.6 Å². The van der Waals surface area contributed by atoms with E-state index in [0.29, 0.717) is 18.2 Å². The summed E-state index contributed by atoms with van der Waals surface area (Å²) in [6, 6.07) is 9.77. The minimum Gasteiger partial charge on any atom is -0.280 e. The van der Waals surface area contributed by atoms with Crippen LogP contribution in [0.1, 0.15) is 5.56 Å². The van der Waals surface area contributed by atoms with Crippen molar-refractivity contribution in [1.82, 2.24) is 0 Å². The van der Waals surface area contributed by atoms with Gasteiger partial charge in [0.1, 0.15) is 0 Å². The van der Waals surface area contributed by atoms with Gasteiger partial charge in [-0.3, -0.25) is 9.44 Å². The molecular formula is C19H13F5N2O4S2. The Kier molecular flexibility index (Phi) is 6.15. The van der Waals surface area contributed by atoms with Crippen molar-refractivity contribution < 1.29 is 38.8 Å². The van der Waals surface area contributed by atoms with Crippen molar-refractivity contribution in [1.29, 1.82) is 0 Å². The van der Waals surface area contributed by atoms with E-state index in [1.807, 2.05) is 9.44 Å². The van der Waals surface area contributed by atoms with E-state index in [0.717, 1.165) is 36.4 Å². The minimum absolute atomic E-state index is 0.235. The average Bonchev–Trinajstić information content (AvgIpc) is 2.69. The van der Waals surface area contributed by atoms with Crippen LogP contribution < -0.4 is 9.44 Å². The minimum atomic E-state index is -4.68. The number of alkyl halides is 3. The molecule has 0 bridgehead atoms. The number of anilines is 2. The Morgan fingerprint density at radius 3 is 1.72 bits per heavy atom. The van der Waals surface area contributed by atoms with Crippen LogP contribution in [0.3, 0.4) is 0 Å². The summed E-state index contributed by atoms with van der Waals surface area (Å²) in [5.41, 5.74) is -1.65. The standard InChI is InChI=1S/C19H13F5N2O4S2/c20-17-8-7-16(11-18(17)21)32(29,30)26-14-5-2-6-15(10-14)31(27,28)25-13-4-1-3-12(9-13)19(22,23)24/h1-11,25-26H. The van der Waals surface area contributed by atoms with Crippen molar-refractivity contribution in [2.75, 3.05) is 9.44 Å². The largest absolute Gasteiger partial charge is 0.416 e. The fraction of sp³-hybridized carbons (Fsp3) is 0.0526. The second-order valence-electron chi connectivity index (χ2n) is 6.39. The van der Waals surface area contributed by atoms with Gasteiger partial charge in [0.05, 0.1) is 21.0 Å². The van der Waals surface area contributed by atoms with Gasteiger partial charge >= 0.3 is 6.18 Å². The molecule has 0 aromatic heterocycles. The highest BCUT2D eigenvalue weighted by Gasteiger charge is 2.30. The summed E-state index contributed by atoms with van der Waals surface area (Å²) in [5, 5.41) is 0. The first-order valence-electron chi connectivity index (χ1n) is 8.56. The second-order valence-corrected chi connectivity index (χ2v) is 9.76. The molecule has 0 unspecified atom stereocenters. The third-order valence-electron chi connectivity index (χ3n) is 4.04. The van der Waals surface area contributed by atoms with Crippen LogP contribution in [0.2, 0.25) is 0 Å². The molecule has 13 heteroatoms. The molecule has 32 heavy (non-hydrogen) atoms. The summed E-state index contributed by atoms with van der Waals surface area (Å²) in [6.07, 6.45) is -4.68. The Bertz CT molecular complexity index is 1370. The molecule has 0 aliphatic heterocycles. The lowest BCUT2D eigenvalue weighted by atomic mass is 10.2. The maximum absolute atomic E-state index is 13.4. The lowest BCUT2D eigenvalue weighted by Crippen LogP contribution is -2.16. The van der Waals surface area contributed by atoms with Gasteiger partial charge in [-0.25, -0.2) is 25.6 Å². The monoisotopic (exact) mass is 492 g/mol. The van der Waals surface area contributed by atoms with Gasteiger partial charge in [-0.1, -0.05) is 12.1 Å². The van der Waals surface area contributed by atoms with Gasteiger partial charge in [0, 0.05) is 5.69 Å². The summed E-state index contributed by atoms with van der Waals surface area (Å²) in [6.45, 7) is 0. The Labute approximate surface area is 179 Å². The third kappa shape index (κ3) is 5.34. The Morgan fingerprint density at radius 1 is 0.625 bits per heavy atom. The molecule has 0 spiro atoms. The Hall–Kier alpha value is -3.19. The molecule has 170 valence electrons. The molecule has 6 nitrogen and oxygen atoms in total. The van der Waals surface area contributed by atoms with Gasteiger partial charge in [0.15, 0.2) is 11.6 Å². The molecule has 0 fully saturated rings. The number of rotatable bonds is 6. The maximum Gasteiger partial charge on any atom is 0.416 e. The zero-order chi connectivity index (χ0) is 23.7. The highest BCUT2D eigenvalue weighted by molar-refractivity contribution is 7.93. The molecule has 0 amide bonds. The van der Waals surface area contributed by atoms with Gasteiger partial charge in [-0.15, -0.1) is 0 Å². The van der Waals surface area contributed by atoms with Crippen LogP contribution in [-0.2, 0) is 26.2 Å². The topological polar surface area (TPSA) is 92.3 Å². The Balaban J connectivity index is 1.87. The first-order valence-corrected chi connectivity index (χ1v) is 11.5. The maximum atomic E-state index is 13.4. The number of benzene rings is 3. The highest BCUT2D eigenvalue weighted by atomic mass is 32.2. The van der Waals surface area contributed by atoms with Crippen LogP contribution in [0.25, 0.3) is 0 Å². The predicted molar refractivity (Wildman–Crippen MR) is 106 cm³/mol. The van der Waals surface area contributed by atoms with Gasteiger partial charge in [0.25, 0.3) is 20.0 Å². The fourth-order valence-corrected chi connectivity index (χ4v) is 4.71. The van der Waals surface area contributed by atoms with Crippen LogP contribution in [0.15, 0.2) is 76.5 Å². The van der Waals surface area contributed by atoms with Crippen molar-refractivity contribution in [2.45, 2.75) is 16.0 Å². The molecule has 3 aromatic rings. The Morgan fingerprint density at radius 2 is 1.16 bits per heavy atom. The number of nitrogens with one attached hydrogen (secondary N) is 2. The molecule has 0 saturated heterocycles. The molecule has 3 aromatic carbocycles. The molecule has 0 radical (unpaired) electrons. The van der Waals surface area contributed by atoms with Gasteiger partial charge in [0.2, 0.25) is 0 Å². The SMILES string of the molecule is O=S(=O)(Nc1cccc(C(F)(F)F)c1)c1cccc(NS(=O)(=O)c2ccc(F)c(F)c2)c1. The molecule has 0 aliphatic carbocycles. The van der Waals surface area contributed by atoms with Crippen molar-refractivity contribution >= 4 is 31.4 Å². The first kappa shape index (κ1) is 23.5. The van der Waals surface area contributed by atoms with E-state index < -0.39 is 53.2 Å². The quantitative estimate of drug-likeness (QED) is 0.493. The molecule has 0 aliphatic rings. The van der Waals surface area contributed by atoms with Crippen molar-refractivity contribution in [3.63, 3.8) is 0 Å². The van der Waals surface area contributed by atoms with Crippen LogP contribution >= 0.6 is 0 Å². The lowest BCUT2D eigenvalue weighted by molar-refractivity contribution is -0.137. The van der Waals surface area contributed by atoms with E-state index in [2.05, 4.69) is 0 Å². The average molecular weight is 492 g/mol. The number of halogens is 5. The summed E-state index contributed by atoms with van der Waals surface area (Å²) in [4.78, 5) is -1.06. The summed E-state index contributed by atoms with van der Waals surface area (Å²) < 4.78 is 119. The van der Waals surface area contributed by atoms with Crippen molar-refractivity contribution in [3.8, 4) is 0 Å². The summed E-state index contributed by atoms with van der Waals surface area (Å²) in [5.74, 6) is -2.65. The van der Waals surface area contributed by atoms with Crippen LogP contribution in [0.4, 0.5) is 33.3 Å². The predicted octanol–water partition coefficient (Wildman–Crippen LogP) is 4.59. The van der Waals surface area contributed by atoms with Crippen LogP contribution in [-0.4, -0.2) is 16.8 Å². The van der Waals surface area contributed by atoms with E-state index in [1.165, 1.54) is 12.1 Å². The summed E-state index contributed by atoms with van der Waals surface area (Å²) >= 11 is 0. The van der Waals surface area contributed by atoms with Gasteiger partial charge < -0.3 is 0 Å². The zero-order valence-electron chi connectivity index (χ0n) is 15.7. The molecule has 0 saturated carbocycles. The molecule has 2 N–H and O–H groups in total. The fourth-order valence-electron chi connectivity index (χ4n) is 2.56. The third-order valence-corrected chi connectivity index (χ3v) is 6.80. The highest BCUT2D eigenvalue weighted by Crippen LogP contribution is 2.31. The molecule has 3 rings (SSSR count). The number of sulfonamides is 2. The van der Waals surface area contributed by atoms with E-state index in [4.69, 9.17) is 0 Å². The molecular weight excluding hydrogens is 479 g/mol. The van der Waals surface area contributed by atoms with Crippen molar-refractivity contribution in [3.05, 3.63) is 83.9 Å². The van der Waals surface area contributed by atoms with Gasteiger partial charge in [-0.2, -0.15) is 13.2 Å². The second kappa shape index (κ2) is 8.39. The van der Waals surface area contributed by atoms with E-state index >= 15 is 0 Å². The lowest BCUT2D eigenvalue weighted by Gasteiger charge is -2.13. The van der Waals surface area contributed by atoms with Crippen LogP contribution in [0.5, 0.6) is 0 Å². The van der Waals surface area contributed by atoms with E-state index in [1.54, 1.807) is 0 Å². The zero-order valence-corrected chi connectivity index (χ0v) is 17.3. The van der Waals surface area contributed by atoms with E-state index in [-0.39, 0.29) is 11.4 Å². The van der Waals surface area contributed by atoms with Crippen molar-refractivity contribution in [2.24, 2.45) is 0 Å². The number of hydrogen-bond acceptors (Lipinski definition) is 4. The first-order chi connectivity index (χ1) is 14.8. The smallest absolute Gasteiger partial charge is 0.280 e. The normalized spacial score (nSPS) is 12.4. The van der Waals surface area contributed by atoms with Gasteiger partial charge in [-0.05, 0) is 54.6 Å². The summed E-state index contributed by atoms with van der Waals surface area (Å²) in [7, 11) is -8.79. The van der Waals surface area contributed by atoms with E-state index in [9.17, 15) is 38.8 Å².